The summed E-state index contributed by atoms with van der Waals surface area (Å²) in [5, 5.41) is 10.6. The Balaban J connectivity index is 2.89. The Morgan fingerprint density at radius 1 is 0.875 bits per heavy atom. The van der Waals surface area contributed by atoms with Crippen LogP contribution in [0, 0.1) is 0 Å². The van der Waals surface area contributed by atoms with Gasteiger partial charge in [-0.05, 0) is 5.56 Å². The van der Waals surface area contributed by atoms with E-state index in [9.17, 15) is 19.5 Å². The van der Waals surface area contributed by atoms with Crippen molar-refractivity contribution in [3.63, 3.8) is 0 Å². The van der Waals surface area contributed by atoms with Gasteiger partial charge < -0.3 is 19.3 Å². The van der Waals surface area contributed by atoms with Crippen LogP contribution in [0.5, 0.6) is 0 Å². The van der Waals surface area contributed by atoms with Gasteiger partial charge in [-0.1, -0.05) is 24.3 Å². The molecule has 0 heterocycles. The lowest BCUT2D eigenvalue weighted by atomic mass is 9.97. The number of esters is 3. The second-order valence-electron chi connectivity index (χ2n) is 4.89. The van der Waals surface area contributed by atoms with Gasteiger partial charge in [-0.15, -0.1) is 0 Å². The molecule has 2 rings (SSSR count). The van der Waals surface area contributed by atoms with Crippen LogP contribution in [0.2, 0.25) is 0 Å². The number of carbonyl (C=O) groups is 3. The van der Waals surface area contributed by atoms with Crippen molar-refractivity contribution in [1.29, 1.82) is 0 Å². The van der Waals surface area contributed by atoms with Crippen LogP contribution < -0.4 is 0 Å². The third-order valence-electron chi connectivity index (χ3n) is 3.64. The molecule has 1 aliphatic carbocycles. The molecule has 0 fully saturated rings. The van der Waals surface area contributed by atoms with Crippen LogP contribution in [0.3, 0.4) is 0 Å². The molecule has 1 aromatic rings. The Morgan fingerprint density at radius 3 is 2.00 bits per heavy atom. The number of benzene rings is 1. The Hall–Kier alpha value is -3.09. The van der Waals surface area contributed by atoms with E-state index in [1.165, 1.54) is 0 Å². The molecule has 1 aliphatic rings. The van der Waals surface area contributed by atoms with Crippen LogP contribution in [0.4, 0.5) is 0 Å². The Labute approximate surface area is 138 Å². The summed E-state index contributed by atoms with van der Waals surface area (Å²) < 4.78 is 14.1. The molecule has 0 unspecified atom stereocenters. The fraction of sp³-hybridized carbons (Fsp3) is 0.235. The number of ether oxygens (including phenoxy) is 3. The van der Waals surface area contributed by atoms with Gasteiger partial charge in [-0.3, -0.25) is 0 Å². The van der Waals surface area contributed by atoms with Gasteiger partial charge in [0, 0.05) is 12.0 Å². The molecule has 0 saturated carbocycles. The summed E-state index contributed by atoms with van der Waals surface area (Å²) in [5.74, 6) is -3.18. The van der Waals surface area contributed by atoms with Crippen molar-refractivity contribution in [2.45, 2.75) is 6.42 Å². The summed E-state index contributed by atoms with van der Waals surface area (Å²) >= 11 is 0. The molecule has 0 radical (unpaired) electrons. The first kappa shape index (κ1) is 17.3. The van der Waals surface area contributed by atoms with Crippen molar-refractivity contribution in [2.24, 2.45) is 0 Å². The molecule has 0 amide bonds. The summed E-state index contributed by atoms with van der Waals surface area (Å²) in [5.41, 5.74) is -0.0326. The first-order chi connectivity index (χ1) is 11.5. The van der Waals surface area contributed by atoms with Crippen LogP contribution in [-0.4, -0.2) is 44.3 Å². The number of aliphatic hydroxyl groups is 1. The Kier molecular flexibility index (Phi) is 5.03. The average Bonchev–Trinajstić information content (AvgIpc) is 2.74. The van der Waals surface area contributed by atoms with Gasteiger partial charge in [-0.25, -0.2) is 14.4 Å². The van der Waals surface area contributed by atoms with Crippen LogP contribution in [0.1, 0.15) is 11.1 Å². The highest BCUT2D eigenvalue weighted by Gasteiger charge is 2.36. The van der Waals surface area contributed by atoms with E-state index in [2.05, 4.69) is 9.47 Å². The smallest absolute Gasteiger partial charge is 0.342 e. The molecular weight excluding hydrogens is 316 g/mol. The first-order valence-corrected chi connectivity index (χ1v) is 6.96. The zero-order valence-electron chi connectivity index (χ0n) is 13.4. The maximum Gasteiger partial charge on any atom is 0.342 e. The predicted octanol–water partition coefficient (Wildman–Crippen LogP) is 1.33. The molecule has 24 heavy (non-hydrogen) atoms. The average molecular weight is 332 g/mol. The minimum atomic E-state index is -0.967. The van der Waals surface area contributed by atoms with E-state index in [0.717, 1.165) is 21.3 Å². The van der Waals surface area contributed by atoms with Gasteiger partial charge in [0.2, 0.25) is 0 Å². The van der Waals surface area contributed by atoms with Gasteiger partial charge in [0.15, 0.2) is 0 Å². The summed E-state index contributed by atoms with van der Waals surface area (Å²) in [6, 6.07) is 6.61. The molecule has 0 spiro atoms. The Morgan fingerprint density at radius 2 is 1.42 bits per heavy atom. The molecule has 0 aliphatic heterocycles. The summed E-state index contributed by atoms with van der Waals surface area (Å²) in [4.78, 5) is 36.6. The molecule has 1 N–H and O–H groups in total. The maximum absolute atomic E-state index is 12.2. The fourth-order valence-corrected chi connectivity index (χ4v) is 2.51. The van der Waals surface area contributed by atoms with E-state index in [1.54, 1.807) is 24.3 Å². The zero-order chi connectivity index (χ0) is 17.9. The lowest BCUT2D eigenvalue weighted by Crippen LogP contribution is -2.21. The number of fused-ring (bicyclic) bond motifs is 1. The topological polar surface area (TPSA) is 99.1 Å². The van der Waals surface area contributed by atoms with E-state index >= 15 is 0 Å². The maximum atomic E-state index is 12.2. The van der Waals surface area contributed by atoms with E-state index < -0.39 is 29.2 Å². The first-order valence-electron chi connectivity index (χ1n) is 6.96. The highest BCUT2D eigenvalue weighted by molar-refractivity contribution is 6.15. The third-order valence-corrected chi connectivity index (χ3v) is 3.64. The standard InChI is InChI=1S/C17H16O7/c1-22-15(19)11-8-9-6-4-5-7-10(9)14(18)13(17(21)24-3)12(11)16(20)23-2/h4-7,18H,8H2,1-3H3. The largest absolute Gasteiger partial charge is 0.506 e. The quantitative estimate of drug-likeness (QED) is 0.658. The van der Waals surface area contributed by atoms with Crippen molar-refractivity contribution < 1.29 is 33.7 Å². The number of hydrogen-bond donors (Lipinski definition) is 1. The highest BCUT2D eigenvalue weighted by atomic mass is 16.5. The molecular formula is C17H16O7. The molecule has 7 heteroatoms. The number of hydrogen-bond acceptors (Lipinski definition) is 7. The van der Waals surface area contributed by atoms with Gasteiger partial charge in [0.05, 0.1) is 32.5 Å². The van der Waals surface area contributed by atoms with Crippen LogP contribution in [0.25, 0.3) is 5.76 Å². The van der Waals surface area contributed by atoms with Gasteiger partial charge in [0.1, 0.15) is 11.3 Å². The second-order valence-corrected chi connectivity index (χ2v) is 4.89. The van der Waals surface area contributed by atoms with Gasteiger partial charge in [0.25, 0.3) is 0 Å². The molecule has 126 valence electrons. The number of rotatable bonds is 3. The van der Waals surface area contributed by atoms with Crippen LogP contribution >= 0.6 is 0 Å². The van der Waals surface area contributed by atoms with Crippen LogP contribution in [0.15, 0.2) is 41.0 Å². The molecule has 0 aromatic heterocycles. The van der Waals surface area contributed by atoms with E-state index in [1.807, 2.05) is 0 Å². The van der Waals surface area contributed by atoms with Gasteiger partial charge in [-0.2, -0.15) is 0 Å². The summed E-state index contributed by atoms with van der Waals surface area (Å²) in [7, 11) is 3.36. The summed E-state index contributed by atoms with van der Waals surface area (Å²) in [6.45, 7) is 0. The van der Waals surface area contributed by atoms with Crippen LogP contribution in [-0.2, 0) is 35.0 Å². The van der Waals surface area contributed by atoms with E-state index in [0.29, 0.717) is 11.1 Å². The second kappa shape index (κ2) is 6.99. The zero-order valence-corrected chi connectivity index (χ0v) is 13.4. The lowest BCUT2D eigenvalue weighted by molar-refractivity contribution is -0.140. The van der Waals surface area contributed by atoms with Crippen molar-refractivity contribution in [2.75, 3.05) is 21.3 Å². The number of carbonyl (C=O) groups excluding carboxylic acids is 3. The summed E-state index contributed by atoms with van der Waals surface area (Å²) in [6.07, 6.45) is -0.0160. The third kappa shape index (κ3) is 2.88. The number of methoxy groups -OCH3 is 3. The molecule has 0 bridgehead atoms. The van der Waals surface area contributed by atoms with Crippen molar-refractivity contribution >= 4 is 23.7 Å². The number of aliphatic hydroxyl groups excluding tert-OH is 1. The SMILES string of the molecule is COC(=O)C1=C(C(=O)OC)C(C(=O)OC)=C(O)c2ccccc2C1. The van der Waals surface area contributed by atoms with E-state index in [-0.39, 0.29) is 17.6 Å². The highest BCUT2D eigenvalue weighted by Crippen LogP contribution is 2.34. The fourth-order valence-electron chi connectivity index (χ4n) is 2.51. The normalized spacial score (nSPS) is 13.8. The minimum Gasteiger partial charge on any atom is -0.506 e. The monoisotopic (exact) mass is 332 g/mol. The van der Waals surface area contributed by atoms with Gasteiger partial charge >= 0.3 is 17.9 Å². The predicted molar refractivity (Wildman–Crippen MR) is 82.8 cm³/mol. The molecule has 7 nitrogen and oxygen atoms in total. The Bertz CT molecular complexity index is 771. The van der Waals surface area contributed by atoms with Crippen molar-refractivity contribution in [3.8, 4) is 0 Å². The van der Waals surface area contributed by atoms with E-state index in [4.69, 9.17) is 4.74 Å². The molecule has 0 atom stereocenters. The van der Waals surface area contributed by atoms with Crippen molar-refractivity contribution in [3.05, 3.63) is 52.1 Å². The molecule has 0 saturated heterocycles. The lowest BCUT2D eigenvalue weighted by Gasteiger charge is -2.12. The molecule has 1 aromatic carbocycles. The van der Waals surface area contributed by atoms with Crippen molar-refractivity contribution in [1.82, 2.24) is 0 Å². The minimum absolute atomic E-state index is 0.0160.